The number of primary amides is 1. The number of amides is 3. The highest BCUT2D eigenvalue weighted by atomic mass is 32.2. The molecular formula is C25H32FN5O4S. The van der Waals surface area contributed by atoms with E-state index in [1.54, 1.807) is 0 Å². The largest absolute Gasteiger partial charge is 0.366 e. The van der Waals surface area contributed by atoms with Gasteiger partial charge in [0.15, 0.2) is 9.84 Å². The number of carbonyl (C=O) groups is 2. The van der Waals surface area contributed by atoms with Crippen molar-refractivity contribution in [3.8, 4) is 0 Å². The molecule has 36 heavy (non-hydrogen) atoms. The predicted octanol–water partition coefficient (Wildman–Crippen LogP) is 1.53. The average Bonchev–Trinajstić information content (AvgIpc) is 2.85. The van der Waals surface area contributed by atoms with Crippen LogP contribution in [0.2, 0.25) is 0 Å². The Morgan fingerprint density at radius 2 is 1.61 bits per heavy atom. The first kappa shape index (κ1) is 26.1. The summed E-state index contributed by atoms with van der Waals surface area (Å²) in [6.07, 6.45) is 0. The summed E-state index contributed by atoms with van der Waals surface area (Å²) in [4.78, 5) is 32.5. The number of urea groups is 1. The van der Waals surface area contributed by atoms with E-state index in [0.29, 0.717) is 5.69 Å². The van der Waals surface area contributed by atoms with Gasteiger partial charge in [0.25, 0.3) is 0 Å². The van der Waals surface area contributed by atoms with Crippen molar-refractivity contribution in [3.05, 3.63) is 65.0 Å². The van der Waals surface area contributed by atoms with Crippen molar-refractivity contribution in [2.45, 2.75) is 13.1 Å². The SMILES string of the molecule is CN1CCN(Cc2ccc(N(Cc3ccc(C(N)=O)cc3F)C(=O)N3CCS(=O)(=O)CC3)cc2)CC1. The summed E-state index contributed by atoms with van der Waals surface area (Å²) in [5.74, 6) is -1.58. The monoisotopic (exact) mass is 517 g/mol. The minimum Gasteiger partial charge on any atom is -0.366 e. The minimum absolute atomic E-state index is 0.0450. The van der Waals surface area contributed by atoms with Gasteiger partial charge in [-0.15, -0.1) is 0 Å². The van der Waals surface area contributed by atoms with Crippen LogP contribution in [0.15, 0.2) is 42.5 Å². The zero-order chi connectivity index (χ0) is 25.9. The van der Waals surface area contributed by atoms with Crippen LogP contribution in [-0.2, 0) is 22.9 Å². The van der Waals surface area contributed by atoms with Gasteiger partial charge in [-0.3, -0.25) is 14.6 Å². The van der Waals surface area contributed by atoms with Crippen LogP contribution >= 0.6 is 0 Å². The fourth-order valence-corrected chi connectivity index (χ4v) is 5.59. The number of hydrogen-bond donors (Lipinski definition) is 1. The van der Waals surface area contributed by atoms with Crippen molar-refractivity contribution >= 4 is 27.5 Å². The molecule has 0 radical (unpaired) electrons. The molecule has 9 nitrogen and oxygen atoms in total. The zero-order valence-electron chi connectivity index (χ0n) is 20.4. The van der Waals surface area contributed by atoms with Gasteiger partial charge >= 0.3 is 6.03 Å². The van der Waals surface area contributed by atoms with Crippen LogP contribution in [0.4, 0.5) is 14.9 Å². The summed E-state index contributed by atoms with van der Waals surface area (Å²) in [5.41, 5.74) is 7.20. The third-order valence-corrected chi connectivity index (χ3v) is 8.37. The molecule has 194 valence electrons. The van der Waals surface area contributed by atoms with Crippen molar-refractivity contribution in [2.24, 2.45) is 5.73 Å². The van der Waals surface area contributed by atoms with Gasteiger partial charge in [0, 0.05) is 62.6 Å². The Balaban J connectivity index is 1.55. The molecule has 2 aliphatic rings. The molecule has 2 heterocycles. The standard InChI is InChI=1S/C25H32FN5O4S/c1-28-8-10-29(11-9-28)17-19-2-6-22(7-3-19)31(25(33)30-12-14-36(34,35)15-13-30)18-21-5-4-20(24(27)32)16-23(21)26/h2-7,16H,8-15,17-18H2,1H3,(H2,27,32). The van der Waals surface area contributed by atoms with Crippen LogP contribution in [0.3, 0.4) is 0 Å². The summed E-state index contributed by atoms with van der Waals surface area (Å²) in [7, 11) is -1.05. The molecule has 2 fully saturated rings. The Bertz CT molecular complexity index is 1200. The highest BCUT2D eigenvalue weighted by Crippen LogP contribution is 2.23. The Labute approximate surface area is 211 Å². The van der Waals surface area contributed by atoms with Gasteiger partial charge in [0.05, 0.1) is 18.1 Å². The second-order valence-electron chi connectivity index (χ2n) is 9.42. The van der Waals surface area contributed by atoms with Crippen LogP contribution in [0.1, 0.15) is 21.5 Å². The number of nitrogens with two attached hydrogens (primary N) is 1. The van der Waals surface area contributed by atoms with Gasteiger partial charge in [-0.05, 0) is 36.9 Å². The normalized spacial score (nSPS) is 18.7. The molecule has 2 aromatic carbocycles. The number of likely N-dealkylation sites (N-methyl/N-ethyl adjacent to an activating group) is 1. The summed E-state index contributed by atoms with van der Waals surface area (Å²) >= 11 is 0. The molecule has 0 aliphatic carbocycles. The smallest absolute Gasteiger partial charge is 0.324 e. The molecule has 0 spiro atoms. The zero-order valence-corrected chi connectivity index (χ0v) is 21.2. The summed E-state index contributed by atoms with van der Waals surface area (Å²) in [5, 5.41) is 0. The molecule has 2 N–H and O–H groups in total. The Morgan fingerprint density at radius 3 is 2.19 bits per heavy atom. The number of carbonyl (C=O) groups excluding carboxylic acids is 2. The lowest BCUT2D eigenvalue weighted by Gasteiger charge is -2.33. The number of nitrogens with zero attached hydrogens (tertiary/aromatic N) is 4. The second kappa shape index (κ2) is 10.9. The van der Waals surface area contributed by atoms with Crippen molar-refractivity contribution in [1.82, 2.24) is 14.7 Å². The number of halogens is 1. The van der Waals surface area contributed by atoms with Crippen LogP contribution in [0, 0.1) is 5.82 Å². The van der Waals surface area contributed by atoms with Crippen LogP contribution in [0.5, 0.6) is 0 Å². The quantitative estimate of drug-likeness (QED) is 0.623. The van der Waals surface area contributed by atoms with E-state index in [0.717, 1.165) is 44.4 Å². The van der Waals surface area contributed by atoms with E-state index in [2.05, 4.69) is 16.8 Å². The van der Waals surface area contributed by atoms with Gasteiger partial charge in [-0.2, -0.15) is 0 Å². The molecule has 0 bridgehead atoms. The number of benzene rings is 2. The number of anilines is 1. The number of rotatable bonds is 6. The maximum Gasteiger partial charge on any atom is 0.324 e. The number of piperazine rings is 1. The number of hydrogen-bond acceptors (Lipinski definition) is 6. The molecule has 0 unspecified atom stereocenters. The van der Waals surface area contributed by atoms with Crippen LogP contribution in [-0.4, -0.2) is 92.9 Å². The molecule has 2 aromatic rings. The highest BCUT2D eigenvalue weighted by molar-refractivity contribution is 7.91. The first-order valence-corrected chi connectivity index (χ1v) is 13.8. The Morgan fingerprint density at radius 1 is 0.972 bits per heavy atom. The first-order valence-electron chi connectivity index (χ1n) is 12.0. The molecule has 2 aliphatic heterocycles. The lowest BCUT2D eigenvalue weighted by atomic mass is 10.1. The molecule has 11 heteroatoms. The van der Waals surface area contributed by atoms with E-state index in [4.69, 9.17) is 5.73 Å². The van der Waals surface area contributed by atoms with Crippen LogP contribution < -0.4 is 10.6 Å². The van der Waals surface area contributed by atoms with Crippen molar-refractivity contribution < 1.29 is 22.4 Å². The summed E-state index contributed by atoms with van der Waals surface area (Å²) < 4.78 is 38.5. The second-order valence-corrected chi connectivity index (χ2v) is 11.7. The molecule has 2 saturated heterocycles. The highest BCUT2D eigenvalue weighted by Gasteiger charge is 2.29. The topological polar surface area (TPSA) is 107 Å². The third kappa shape index (κ3) is 6.40. The lowest BCUT2D eigenvalue weighted by molar-refractivity contribution is 0.0999. The van der Waals surface area contributed by atoms with E-state index < -0.39 is 27.6 Å². The van der Waals surface area contributed by atoms with Crippen molar-refractivity contribution in [1.29, 1.82) is 0 Å². The van der Waals surface area contributed by atoms with E-state index in [1.807, 2.05) is 24.3 Å². The van der Waals surface area contributed by atoms with Gasteiger partial charge in [0.1, 0.15) is 5.82 Å². The van der Waals surface area contributed by atoms with Crippen molar-refractivity contribution in [2.75, 3.05) is 62.7 Å². The molecule has 3 amide bonds. The number of sulfone groups is 1. The Kier molecular flexibility index (Phi) is 7.91. The molecule has 0 atom stereocenters. The van der Waals surface area contributed by atoms with E-state index in [-0.39, 0.29) is 42.3 Å². The third-order valence-electron chi connectivity index (χ3n) is 6.76. The lowest BCUT2D eigenvalue weighted by Crippen LogP contribution is -2.49. The van der Waals surface area contributed by atoms with Crippen LogP contribution in [0.25, 0.3) is 0 Å². The van der Waals surface area contributed by atoms with E-state index in [1.165, 1.54) is 21.9 Å². The summed E-state index contributed by atoms with van der Waals surface area (Å²) in [6.45, 7) is 4.91. The first-order chi connectivity index (χ1) is 17.1. The molecular weight excluding hydrogens is 485 g/mol. The molecule has 4 rings (SSSR count). The molecule has 0 aromatic heterocycles. The maximum atomic E-state index is 14.8. The summed E-state index contributed by atoms with van der Waals surface area (Å²) in [6, 6.07) is 11.1. The van der Waals surface area contributed by atoms with Gasteiger partial charge in [-0.25, -0.2) is 17.6 Å². The van der Waals surface area contributed by atoms with Crippen molar-refractivity contribution in [3.63, 3.8) is 0 Å². The van der Waals surface area contributed by atoms with Gasteiger partial charge < -0.3 is 15.5 Å². The fourth-order valence-electron chi connectivity index (χ4n) is 4.39. The maximum absolute atomic E-state index is 14.8. The predicted molar refractivity (Wildman–Crippen MR) is 136 cm³/mol. The average molecular weight is 518 g/mol. The van der Waals surface area contributed by atoms with Gasteiger partial charge in [0.2, 0.25) is 5.91 Å². The minimum atomic E-state index is -3.17. The van der Waals surface area contributed by atoms with E-state index >= 15 is 0 Å². The van der Waals surface area contributed by atoms with E-state index in [9.17, 15) is 22.4 Å². The fraction of sp³-hybridized carbons (Fsp3) is 0.440. The Hall–Kier alpha value is -3.02. The molecule has 0 saturated carbocycles. The van der Waals surface area contributed by atoms with Gasteiger partial charge in [-0.1, -0.05) is 18.2 Å².